The molecule has 0 atom stereocenters. The van der Waals surface area contributed by atoms with E-state index >= 15 is 0 Å². The zero-order chi connectivity index (χ0) is 27.5. The summed E-state index contributed by atoms with van der Waals surface area (Å²) in [4.78, 5) is 14.1. The van der Waals surface area contributed by atoms with Crippen LogP contribution in [-0.2, 0) is 0 Å². The molecule has 42 heavy (non-hydrogen) atoms. The van der Waals surface area contributed by atoms with Gasteiger partial charge in [-0.2, -0.15) is 10.2 Å². The number of pyridine rings is 1. The van der Waals surface area contributed by atoms with Gasteiger partial charge in [-0.25, -0.2) is 4.98 Å². The largest absolute Gasteiger partial charge is 0.308 e. The lowest BCUT2D eigenvalue weighted by Crippen LogP contribution is -2.04. The predicted molar refractivity (Wildman–Crippen MR) is 169 cm³/mol. The Morgan fingerprint density at radius 2 is 1.36 bits per heavy atom. The Labute approximate surface area is 237 Å². The van der Waals surface area contributed by atoms with E-state index in [9.17, 15) is 5.26 Å². The summed E-state index contributed by atoms with van der Waals surface area (Å²) in [5.74, 6) is 0.463. The van der Waals surface area contributed by atoms with E-state index < -0.39 is 0 Å². The second-order valence-electron chi connectivity index (χ2n) is 10.8. The number of benzene rings is 5. The van der Waals surface area contributed by atoms with E-state index in [0.29, 0.717) is 17.0 Å². The molecule has 0 aliphatic heterocycles. The third-order valence-electron chi connectivity index (χ3n) is 8.72. The van der Waals surface area contributed by atoms with Crippen LogP contribution in [-0.4, -0.2) is 23.9 Å². The molecule has 5 heterocycles. The van der Waals surface area contributed by atoms with Crippen LogP contribution < -0.4 is 0 Å². The molecule has 192 valence electrons. The van der Waals surface area contributed by atoms with Gasteiger partial charge in [0.1, 0.15) is 11.6 Å². The molecule has 0 fully saturated rings. The summed E-state index contributed by atoms with van der Waals surface area (Å²) in [6.45, 7) is 0. The van der Waals surface area contributed by atoms with E-state index in [1.54, 1.807) is 6.20 Å². The van der Waals surface area contributed by atoms with Crippen LogP contribution in [0.3, 0.4) is 0 Å². The maximum Gasteiger partial charge on any atom is 0.236 e. The van der Waals surface area contributed by atoms with Crippen LogP contribution in [0.2, 0.25) is 0 Å². The molecule has 0 bridgehead atoms. The number of nitrogens with zero attached hydrogens (tertiary/aromatic N) is 6. The van der Waals surface area contributed by atoms with E-state index in [0.717, 1.165) is 21.8 Å². The van der Waals surface area contributed by atoms with Gasteiger partial charge in [0.25, 0.3) is 0 Å². The first-order valence-electron chi connectivity index (χ1n) is 13.9. The highest BCUT2D eigenvalue weighted by molar-refractivity contribution is 6.36. The minimum atomic E-state index is 0.264. The predicted octanol–water partition coefficient (Wildman–Crippen LogP) is 8.30. The minimum Gasteiger partial charge on any atom is -0.308 e. The lowest BCUT2D eigenvalue weighted by atomic mass is 10.0. The van der Waals surface area contributed by atoms with Crippen LogP contribution in [0.1, 0.15) is 5.69 Å². The van der Waals surface area contributed by atoms with Crippen molar-refractivity contribution in [2.45, 2.75) is 0 Å². The topological polar surface area (TPSA) is 71.8 Å². The summed E-state index contributed by atoms with van der Waals surface area (Å²) in [6.07, 6.45) is 1.67. The molecule has 0 unspecified atom stereocenters. The maximum absolute atomic E-state index is 10.0. The van der Waals surface area contributed by atoms with Crippen molar-refractivity contribution in [2.24, 2.45) is 0 Å². The summed E-state index contributed by atoms with van der Waals surface area (Å²) in [7, 11) is 0. The second kappa shape index (κ2) is 7.57. The first-order valence-corrected chi connectivity index (χ1v) is 13.9. The summed E-state index contributed by atoms with van der Waals surface area (Å²) in [6, 6.07) is 38.5. The number of hydrogen-bond donors (Lipinski definition) is 0. The van der Waals surface area contributed by atoms with Crippen molar-refractivity contribution in [2.75, 3.05) is 0 Å². The standard InChI is InChI=1S/C36H18N6/c37-19-27-34-26(12-7-15-38-34)39-36(40-27)42-29-14-6-4-11-23(29)32-31(42)18-24-22-10-3-5-13-28(22)41-30-17-21-9-2-1-8-20(21)16-25(30)33(32)35(24)41/h1-18H. The molecule has 6 heteroatoms. The molecule has 0 saturated heterocycles. The van der Waals surface area contributed by atoms with Crippen molar-refractivity contribution in [3.8, 4) is 12.0 Å². The Bertz CT molecular complexity index is 2810. The molecule has 5 aromatic heterocycles. The van der Waals surface area contributed by atoms with Crippen LogP contribution in [0.25, 0.3) is 87.7 Å². The number of nitriles is 1. The lowest BCUT2D eigenvalue weighted by molar-refractivity contribution is 0.998. The third-order valence-corrected chi connectivity index (χ3v) is 8.72. The van der Waals surface area contributed by atoms with Crippen LogP contribution in [0.5, 0.6) is 0 Å². The average molecular weight is 535 g/mol. The maximum atomic E-state index is 10.0. The zero-order valence-corrected chi connectivity index (χ0v) is 22.1. The molecule has 10 rings (SSSR count). The molecule has 0 aliphatic carbocycles. The Hall–Kier alpha value is -6.06. The van der Waals surface area contributed by atoms with Gasteiger partial charge in [0.15, 0.2) is 5.69 Å². The van der Waals surface area contributed by atoms with Crippen molar-refractivity contribution in [1.82, 2.24) is 23.9 Å². The van der Waals surface area contributed by atoms with Crippen molar-refractivity contribution < 1.29 is 0 Å². The summed E-state index contributed by atoms with van der Waals surface area (Å²) in [5, 5.41) is 19.5. The molecule has 0 N–H and O–H groups in total. The number of fused-ring (bicyclic) bond motifs is 12. The Balaban J connectivity index is 1.50. The van der Waals surface area contributed by atoms with Crippen LogP contribution >= 0.6 is 0 Å². The first-order chi connectivity index (χ1) is 20.8. The third kappa shape index (κ3) is 2.56. The molecule has 10 aromatic rings. The van der Waals surface area contributed by atoms with Gasteiger partial charge in [-0.1, -0.05) is 60.7 Å². The number of rotatable bonds is 1. The smallest absolute Gasteiger partial charge is 0.236 e. The highest BCUT2D eigenvalue weighted by Crippen LogP contribution is 2.47. The quantitative estimate of drug-likeness (QED) is 0.212. The molecule has 0 amide bonds. The Morgan fingerprint density at radius 1 is 0.595 bits per heavy atom. The average Bonchev–Trinajstić information content (AvgIpc) is 3.67. The zero-order valence-electron chi connectivity index (χ0n) is 22.1. The molecule has 0 radical (unpaired) electrons. The van der Waals surface area contributed by atoms with Gasteiger partial charge >= 0.3 is 0 Å². The summed E-state index contributed by atoms with van der Waals surface area (Å²) in [5.41, 5.74) is 7.02. The normalized spacial score (nSPS) is 12.3. The van der Waals surface area contributed by atoms with E-state index in [1.807, 2.05) is 18.2 Å². The van der Waals surface area contributed by atoms with Gasteiger partial charge in [-0.15, -0.1) is 0 Å². The lowest BCUT2D eigenvalue weighted by Gasteiger charge is -2.08. The van der Waals surface area contributed by atoms with E-state index in [4.69, 9.17) is 9.97 Å². The van der Waals surface area contributed by atoms with Gasteiger partial charge in [0.05, 0.1) is 33.1 Å². The molecular formula is C36H18N6. The van der Waals surface area contributed by atoms with Gasteiger partial charge in [-0.05, 0) is 53.2 Å². The molecule has 0 spiro atoms. The molecular weight excluding hydrogens is 516 g/mol. The monoisotopic (exact) mass is 534 g/mol. The van der Waals surface area contributed by atoms with E-state index in [1.165, 1.54) is 48.9 Å². The number of hydrogen-bond acceptors (Lipinski definition) is 4. The Morgan fingerprint density at radius 3 is 2.21 bits per heavy atom. The highest BCUT2D eigenvalue weighted by Gasteiger charge is 2.25. The molecule has 0 aliphatic rings. The number of para-hydroxylation sites is 2. The van der Waals surface area contributed by atoms with Crippen molar-refractivity contribution in [3.63, 3.8) is 0 Å². The van der Waals surface area contributed by atoms with Gasteiger partial charge in [-0.3, -0.25) is 9.55 Å². The van der Waals surface area contributed by atoms with Crippen LogP contribution in [0.4, 0.5) is 0 Å². The Kier molecular flexibility index (Phi) is 3.91. The fraction of sp³-hybridized carbons (Fsp3) is 0. The molecule has 6 nitrogen and oxygen atoms in total. The van der Waals surface area contributed by atoms with Crippen LogP contribution in [0.15, 0.2) is 109 Å². The van der Waals surface area contributed by atoms with E-state index in [-0.39, 0.29) is 5.69 Å². The van der Waals surface area contributed by atoms with Crippen LogP contribution in [0, 0.1) is 11.3 Å². The fourth-order valence-corrected chi connectivity index (χ4v) is 7.05. The summed E-state index contributed by atoms with van der Waals surface area (Å²) < 4.78 is 4.54. The van der Waals surface area contributed by atoms with Crippen molar-refractivity contribution >= 4 is 81.7 Å². The van der Waals surface area contributed by atoms with Gasteiger partial charge in [0.2, 0.25) is 5.95 Å². The SMILES string of the molecule is N#Cc1nc(-n2c3ccccc3c3c4c5cc6ccccc6cc5n5c6ccccc6c(cc32)c45)nc2cccnc12. The highest BCUT2D eigenvalue weighted by atomic mass is 15.2. The van der Waals surface area contributed by atoms with Gasteiger partial charge in [0, 0.05) is 38.5 Å². The molecule has 0 saturated carbocycles. The van der Waals surface area contributed by atoms with E-state index in [2.05, 4.69) is 105 Å². The minimum absolute atomic E-state index is 0.264. The fourth-order valence-electron chi connectivity index (χ4n) is 7.05. The molecule has 5 aromatic carbocycles. The summed E-state index contributed by atoms with van der Waals surface area (Å²) >= 11 is 0. The second-order valence-corrected chi connectivity index (χ2v) is 10.8. The first kappa shape index (κ1) is 21.7. The number of aromatic nitrogens is 5. The van der Waals surface area contributed by atoms with Gasteiger partial charge < -0.3 is 4.40 Å². The van der Waals surface area contributed by atoms with Crippen molar-refractivity contribution in [1.29, 1.82) is 5.26 Å². The van der Waals surface area contributed by atoms with Crippen molar-refractivity contribution in [3.05, 3.63) is 115 Å².